The predicted octanol–water partition coefficient (Wildman–Crippen LogP) is 2.26. The Balaban J connectivity index is 2.44. The van der Waals surface area contributed by atoms with Crippen molar-refractivity contribution in [1.82, 2.24) is 10.3 Å². The molecule has 0 atom stereocenters. The smallest absolute Gasteiger partial charge is 0.0415 e. The van der Waals surface area contributed by atoms with Crippen LogP contribution in [0.1, 0.15) is 12.5 Å². The van der Waals surface area contributed by atoms with Gasteiger partial charge in [-0.3, -0.25) is 4.98 Å². The second-order valence-electron chi connectivity index (χ2n) is 2.97. The number of nitrogens with one attached hydrogen (secondary N) is 1. The van der Waals surface area contributed by atoms with Gasteiger partial charge in [-0.25, -0.2) is 0 Å². The Labute approximate surface area is 79.0 Å². The molecule has 1 rings (SSSR count). The molecule has 1 heterocycles. The van der Waals surface area contributed by atoms with E-state index in [1.54, 1.807) is 6.20 Å². The van der Waals surface area contributed by atoms with Gasteiger partial charge in [0.1, 0.15) is 0 Å². The van der Waals surface area contributed by atoms with Crippen molar-refractivity contribution < 1.29 is 0 Å². The van der Waals surface area contributed by atoms with E-state index in [-0.39, 0.29) is 0 Å². The van der Waals surface area contributed by atoms with Crippen molar-refractivity contribution in [2.45, 2.75) is 13.5 Å². The number of aromatic nitrogens is 1. The maximum atomic E-state index is 4.02. The highest BCUT2D eigenvalue weighted by molar-refractivity contribution is 5.21. The summed E-state index contributed by atoms with van der Waals surface area (Å²) in [6, 6.07) is 3.94. The summed E-state index contributed by atoms with van der Waals surface area (Å²) in [6.45, 7) is 10.3. The van der Waals surface area contributed by atoms with Gasteiger partial charge in [0.15, 0.2) is 0 Å². The molecule has 2 nitrogen and oxygen atoms in total. The van der Waals surface area contributed by atoms with Crippen molar-refractivity contribution in [2.75, 3.05) is 0 Å². The SMILES string of the molecule is C=C(C)C(=C)NCc1cccnc1. The molecule has 68 valence electrons. The second-order valence-corrected chi connectivity index (χ2v) is 2.97. The van der Waals surface area contributed by atoms with Gasteiger partial charge in [0.2, 0.25) is 0 Å². The first kappa shape index (κ1) is 9.52. The molecule has 1 aromatic heterocycles. The van der Waals surface area contributed by atoms with Crippen LogP contribution in [0.3, 0.4) is 0 Å². The Kier molecular flexibility index (Phi) is 3.26. The fourth-order valence-corrected chi connectivity index (χ4v) is 0.862. The van der Waals surface area contributed by atoms with Gasteiger partial charge in [0, 0.05) is 24.6 Å². The molecule has 1 aromatic rings. The molecule has 0 aromatic carbocycles. The maximum absolute atomic E-state index is 4.02. The second kappa shape index (κ2) is 4.45. The van der Waals surface area contributed by atoms with Gasteiger partial charge in [0.05, 0.1) is 0 Å². The number of hydrogen-bond acceptors (Lipinski definition) is 2. The first-order valence-corrected chi connectivity index (χ1v) is 4.17. The Morgan fingerprint density at radius 3 is 2.85 bits per heavy atom. The molecule has 0 fully saturated rings. The van der Waals surface area contributed by atoms with Crippen LogP contribution in [0.5, 0.6) is 0 Å². The van der Waals surface area contributed by atoms with Crippen LogP contribution in [0, 0.1) is 0 Å². The predicted molar refractivity (Wildman–Crippen MR) is 55.0 cm³/mol. The van der Waals surface area contributed by atoms with Gasteiger partial charge < -0.3 is 5.32 Å². The number of rotatable bonds is 4. The van der Waals surface area contributed by atoms with Crippen LogP contribution in [0.25, 0.3) is 0 Å². The van der Waals surface area contributed by atoms with Gasteiger partial charge in [-0.1, -0.05) is 19.2 Å². The Bertz CT molecular complexity index is 301. The molecular weight excluding hydrogens is 160 g/mol. The van der Waals surface area contributed by atoms with Crippen molar-refractivity contribution in [3.05, 3.63) is 54.5 Å². The van der Waals surface area contributed by atoms with E-state index in [1.807, 2.05) is 25.3 Å². The molecule has 0 amide bonds. The van der Waals surface area contributed by atoms with E-state index in [0.717, 1.165) is 23.4 Å². The lowest BCUT2D eigenvalue weighted by molar-refractivity contribution is 0.819. The summed E-state index contributed by atoms with van der Waals surface area (Å²) in [5.41, 5.74) is 2.98. The third kappa shape index (κ3) is 3.11. The Morgan fingerprint density at radius 1 is 1.54 bits per heavy atom. The minimum Gasteiger partial charge on any atom is -0.381 e. The molecule has 0 spiro atoms. The highest BCUT2D eigenvalue weighted by Crippen LogP contribution is 2.01. The molecular formula is C11H14N2. The highest BCUT2D eigenvalue weighted by atomic mass is 14.9. The van der Waals surface area contributed by atoms with Crippen LogP contribution in [-0.2, 0) is 6.54 Å². The summed E-state index contributed by atoms with van der Waals surface area (Å²) >= 11 is 0. The van der Waals surface area contributed by atoms with Crippen molar-refractivity contribution >= 4 is 0 Å². The molecule has 0 saturated carbocycles. The zero-order valence-corrected chi connectivity index (χ0v) is 7.88. The third-order valence-electron chi connectivity index (χ3n) is 1.74. The highest BCUT2D eigenvalue weighted by Gasteiger charge is 1.94. The van der Waals surface area contributed by atoms with Crippen LogP contribution in [0.15, 0.2) is 49.0 Å². The monoisotopic (exact) mass is 174 g/mol. The van der Waals surface area contributed by atoms with E-state index in [0.29, 0.717) is 0 Å². The number of nitrogens with zero attached hydrogens (tertiary/aromatic N) is 1. The molecule has 2 heteroatoms. The molecule has 13 heavy (non-hydrogen) atoms. The van der Waals surface area contributed by atoms with Crippen LogP contribution >= 0.6 is 0 Å². The van der Waals surface area contributed by atoms with Crippen LogP contribution in [0.2, 0.25) is 0 Å². The fourth-order valence-electron chi connectivity index (χ4n) is 0.862. The van der Waals surface area contributed by atoms with Gasteiger partial charge in [0.25, 0.3) is 0 Å². The molecule has 0 radical (unpaired) electrons. The summed E-state index contributed by atoms with van der Waals surface area (Å²) in [4.78, 5) is 4.02. The van der Waals surface area contributed by atoms with Crippen molar-refractivity contribution in [1.29, 1.82) is 0 Å². The molecule has 0 aliphatic rings. The van der Waals surface area contributed by atoms with E-state index in [1.165, 1.54) is 0 Å². The number of pyridine rings is 1. The molecule has 0 bridgehead atoms. The summed E-state index contributed by atoms with van der Waals surface area (Å²) < 4.78 is 0. The average Bonchev–Trinajstić information content (AvgIpc) is 2.15. The van der Waals surface area contributed by atoms with Gasteiger partial charge in [-0.15, -0.1) is 0 Å². The van der Waals surface area contributed by atoms with E-state index in [2.05, 4.69) is 23.5 Å². The molecule has 0 aliphatic carbocycles. The van der Waals surface area contributed by atoms with Crippen molar-refractivity contribution in [3.8, 4) is 0 Å². The first-order valence-electron chi connectivity index (χ1n) is 4.17. The number of allylic oxidation sites excluding steroid dienone is 1. The number of hydrogen-bond donors (Lipinski definition) is 1. The Hall–Kier alpha value is -1.57. The Morgan fingerprint density at radius 2 is 2.31 bits per heavy atom. The zero-order valence-electron chi connectivity index (χ0n) is 7.88. The molecule has 0 unspecified atom stereocenters. The summed E-state index contributed by atoms with van der Waals surface area (Å²) in [6.07, 6.45) is 3.59. The first-order chi connectivity index (χ1) is 6.20. The van der Waals surface area contributed by atoms with Crippen LogP contribution in [0.4, 0.5) is 0 Å². The topological polar surface area (TPSA) is 24.9 Å². The third-order valence-corrected chi connectivity index (χ3v) is 1.74. The van der Waals surface area contributed by atoms with E-state index < -0.39 is 0 Å². The quantitative estimate of drug-likeness (QED) is 0.708. The lowest BCUT2D eigenvalue weighted by atomic mass is 10.2. The van der Waals surface area contributed by atoms with Crippen molar-refractivity contribution in [3.63, 3.8) is 0 Å². The minimum absolute atomic E-state index is 0.750. The average molecular weight is 174 g/mol. The van der Waals surface area contributed by atoms with Gasteiger partial charge in [-0.05, 0) is 24.1 Å². The largest absolute Gasteiger partial charge is 0.381 e. The van der Waals surface area contributed by atoms with Gasteiger partial charge >= 0.3 is 0 Å². The van der Waals surface area contributed by atoms with Crippen LogP contribution in [-0.4, -0.2) is 4.98 Å². The zero-order chi connectivity index (χ0) is 9.68. The maximum Gasteiger partial charge on any atom is 0.0415 e. The fraction of sp³-hybridized carbons (Fsp3) is 0.182. The summed E-state index contributed by atoms with van der Waals surface area (Å²) in [7, 11) is 0. The summed E-state index contributed by atoms with van der Waals surface area (Å²) in [5.74, 6) is 0. The van der Waals surface area contributed by atoms with E-state index >= 15 is 0 Å². The van der Waals surface area contributed by atoms with E-state index in [9.17, 15) is 0 Å². The minimum atomic E-state index is 0.750. The molecule has 0 aliphatic heterocycles. The van der Waals surface area contributed by atoms with Crippen LogP contribution < -0.4 is 5.32 Å². The lowest BCUT2D eigenvalue weighted by Gasteiger charge is -2.08. The summed E-state index contributed by atoms with van der Waals surface area (Å²) in [5, 5.41) is 3.16. The molecule has 0 saturated heterocycles. The van der Waals surface area contributed by atoms with E-state index in [4.69, 9.17) is 0 Å². The van der Waals surface area contributed by atoms with Gasteiger partial charge in [-0.2, -0.15) is 0 Å². The van der Waals surface area contributed by atoms with Crippen molar-refractivity contribution in [2.24, 2.45) is 0 Å². The lowest BCUT2D eigenvalue weighted by Crippen LogP contribution is -2.12. The molecule has 1 N–H and O–H groups in total. The normalized spacial score (nSPS) is 9.31. The standard InChI is InChI=1S/C11H14N2/c1-9(2)10(3)13-8-11-5-4-6-12-7-11/h4-7,13H,1,3,8H2,2H3.